The third-order valence-electron chi connectivity index (χ3n) is 1.64. The van der Waals surface area contributed by atoms with E-state index in [2.05, 4.69) is 4.74 Å². The van der Waals surface area contributed by atoms with Gasteiger partial charge in [-0.15, -0.1) is 0 Å². The topological polar surface area (TPSA) is 93.2 Å². The van der Waals surface area contributed by atoms with Crippen molar-refractivity contribution in [1.29, 1.82) is 5.26 Å². The van der Waals surface area contributed by atoms with Crippen molar-refractivity contribution in [3.8, 4) is 6.07 Å². The zero-order chi connectivity index (χ0) is 12.1. The third kappa shape index (κ3) is 2.68. The van der Waals surface area contributed by atoms with Crippen LogP contribution in [-0.2, 0) is 4.74 Å². The van der Waals surface area contributed by atoms with Gasteiger partial charge in [0.1, 0.15) is 11.6 Å². The van der Waals surface area contributed by atoms with Crippen LogP contribution in [0.4, 0.5) is 5.69 Å². The molecule has 1 aromatic rings. The fourth-order valence-corrected chi connectivity index (χ4v) is 1.17. The molecule has 0 spiro atoms. The lowest BCUT2D eigenvalue weighted by atomic mass is 10.2. The van der Waals surface area contributed by atoms with E-state index in [1.165, 1.54) is 12.1 Å². The van der Waals surface area contributed by atoms with Gasteiger partial charge in [-0.25, -0.2) is 4.79 Å². The highest BCUT2D eigenvalue weighted by Gasteiger charge is 2.21. The SMILES string of the molecule is N#CCOC(=O)c1ccc(Cl)cc1[N+](=O)[O-]. The van der Waals surface area contributed by atoms with Gasteiger partial charge >= 0.3 is 5.97 Å². The van der Waals surface area contributed by atoms with E-state index in [1.54, 1.807) is 6.07 Å². The van der Waals surface area contributed by atoms with Gasteiger partial charge in [-0.3, -0.25) is 10.1 Å². The predicted octanol–water partition coefficient (Wildman–Crippen LogP) is 1.93. The van der Waals surface area contributed by atoms with Crippen LogP contribution in [0, 0.1) is 21.4 Å². The monoisotopic (exact) mass is 240 g/mol. The minimum atomic E-state index is -0.926. The van der Waals surface area contributed by atoms with E-state index in [-0.39, 0.29) is 10.6 Å². The molecule has 0 N–H and O–H groups in total. The Kier molecular flexibility index (Phi) is 3.80. The number of carbonyl (C=O) groups is 1. The molecule has 82 valence electrons. The van der Waals surface area contributed by atoms with E-state index in [4.69, 9.17) is 16.9 Å². The maximum atomic E-state index is 11.3. The number of ether oxygens (including phenoxy) is 1. The maximum Gasteiger partial charge on any atom is 0.346 e. The van der Waals surface area contributed by atoms with Crippen molar-refractivity contribution >= 4 is 23.3 Å². The number of benzene rings is 1. The van der Waals surface area contributed by atoms with Gasteiger partial charge in [-0.2, -0.15) is 5.26 Å². The van der Waals surface area contributed by atoms with Crippen LogP contribution in [0.3, 0.4) is 0 Å². The van der Waals surface area contributed by atoms with Crippen LogP contribution >= 0.6 is 11.6 Å². The van der Waals surface area contributed by atoms with Gasteiger partial charge in [0.2, 0.25) is 0 Å². The summed E-state index contributed by atoms with van der Waals surface area (Å²) in [6, 6.07) is 5.15. The Morgan fingerprint density at radius 3 is 2.88 bits per heavy atom. The van der Waals surface area contributed by atoms with Crippen LogP contribution in [0.15, 0.2) is 18.2 Å². The Balaban J connectivity index is 3.08. The van der Waals surface area contributed by atoms with Crippen molar-refractivity contribution in [3.63, 3.8) is 0 Å². The first-order valence-corrected chi connectivity index (χ1v) is 4.42. The van der Waals surface area contributed by atoms with Gasteiger partial charge in [-0.1, -0.05) is 11.6 Å². The molecule has 0 fully saturated rings. The molecule has 1 rings (SSSR count). The summed E-state index contributed by atoms with van der Waals surface area (Å²) >= 11 is 5.56. The number of hydrogen-bond donors (Lipinski definition) is 0. The Bertz CT molecular complexity index is 481. The second-order valence-corrected chi connectivity index (χ2v) is 3.09. The molecule has 0 amide bonds. The van der Waals surface area contributed by atoms with E-state index in [0.29, 0.717) is 0 Å². The largest absolute Gasteiger partial charge is 0.446 e. The third-order valence-corrected chi connectivity index (χ3v) is 1.88. The number of halogens is 1. The fraction of sp³-hybridized carbons (Fsp3) is 0.111. The summed E-state index contributed by atoms with van der Waals surface area (Å²) in [4.78, 5) is 21.2. The average molecular weight is 241 g/mol. The summed E-state index contributed by atoms with van der Waals surface area (Å²) in [5.74, 6) is -0.926. The number of nitrogens with zero attached hydrogens (tertiary/aromatic N) is 2. The van der Waals surface area contributed by atoms with Crippen molar-refractivity contribution < 1.29 is 14.5 Å². The molecule has 0 saturated heterocycles. The summed E-state index contributed by atoms with van der Waals surface area (Å²) < 4.78 is 4.46. The highest BCUT2D eigenvalue weighted by Crippen LogP contribution is 2.23. The summed E-state index contributed by atoms with van der Waals surface area (Å²) in [7, 11) is 0. The number of hydrogen-bond acceptors (Lipinski definition) is 5. The lowest BCUT2D eigenvalue weighted by Gasteiger charge is -2.01. The smallest absolute Gasteiger partial charge is 0.346 e. The fourth-order valence-electron chi connectivity index (χ4n) is 1.00. The van der Waals surface area contributed by atoms with Gasteiger partial charge in [0, 0.05) is 11.1 Å². The first-order valence-electron chi connectivity index (χ1n) is 4.04. The number of nitriles is 1. The molecule has 16 heavy (non-hydrogen) atoms. The highest BCUT2D eigenvalue weighted by molar-refractivity contribution is 6.31. The van der Waals surface area contributed by atoms with Crippen LogP contribution in [0.2, 0.25) is 5.02 Å². The van der Waals surface area contributed by atoms with E-state index < -0.39 is 23.2 Å². The molecule has 0 aliphatic heterocycles. The molecule has 0 heterocycles. The van der Waals surface area contributed by atoms with E-state index >= 15 is 0 Å². The van der Waals surface area contributed by atoms with Gasteiger partial charge in [0.25, 0.3) is 5.69 Å². The number of nitro benzene ring substituents is 1. The lowest BCUT2D eigenvalue weighted by molar-refractivity contribution is -0.385. The number of carbonyl (C=O) groups excluding carboxylic acids is 1. The van der Waals surface area contributed by atoms with Crippen LogP contribution < -0.4 is 0 Å². The average Bonchev–Trinajstić information content (AvgIpc) is 2.25. The van der Waals surface area contributed by atoms with E-state index in [0.717, 1.165) is 6.07 Å². The van der Waals surface area contributed by atoms with Crippen LogP contribution in [-0.4, -0.2) is 17.5 Å². The summed E-state index contributed by atoms with van der Waals surface area (Å²) in [5.41, 5.74) is -0.680. The zero-order valence-electron chi connectivity index (χ0n) is 7.84. The molecule has 0 aliphatic rings. The van der Waals surface area contributed by atoms with Crippen LogP contribution in [0.1, 0.15) is 10.4 Å². The number of rotatable bonds is 3. The molecule has 0 unspecified atom stereocenters. The maximum absolute atomic E-state index is 11.3. The molecule has 0 aromatic heterocycles. The summed E-state index contributed by atoms with van der Waals surface area (Å²) in [5, 5.41) is 19.0. The van der Waals surface area contributed by atoms with Crippen molar-refractivity contribution in [1.82, 2.24) is 0 Å². The molecule has 6 nitrogen and oxygen atoms in total. The van der Waals surface area contributed by atoms with E-state index in [9.17, 15) is 14.9 Å². The van der Waals surface area contributed by atoms with Crippen LogP contribution in [0.5, 0.6) is 0 Å². The van der Waals surface area contributed by atoms with Gasteiger partial charge in [0.05, 0.1) is 4.92 Å². The minimum Gasteiger partial charge on any atom is -0.446 e. The molecule has 0 bridgehead atoms. The normalized spacial score (nSPS) is 9.25. The van der Waals surface area contributed by atoms with Gasteiger partial charge in [-0.05, 0) is 12.1 Å². The minimum absolute atomic E-state index is 0.142. The first-order chi connectivity index (χ1) is 7.56. The Morgan fingerprint density at radius 1 is 1.62 bits per heavy atom. The molecular weight excluding hydrogens is 236 g/mol. The second kappa shape index (κ2) is 5.09. The number of nitro groups is 1. The molecule has 0 atom stereocenters. The predicted molar refractivity (Wildman–Crippen MR) is 54.0 cm³/mol. The standard InChI is InChI=1S/C9H5ClN2O4/c10-6-1-2-7(8(5-6)12(14)15)9(13)16-4-3-11/h1-2,5H,4H2. The quantitative estimate of drug-likeness (QED) is 0.457. The molecule has 0 radical (unpaired) electrons. The summed E-state index contributed by atoms with van der Waals surface area (Å²) in [6.45, 7) is -0.460. The van der Waals surface area contributed by atoms with Crippen molar-refractivity contribution in [3.05, 3.63) is 38.9 Å². The first kappa shape index (κ1) is 11.9. The van der Waals surface area contributed by atoms with Crippen molar-refractivity contribution in [2.24, 2.45) is 0 Å². The molecular formula is C9H5ClN2O4. The summed E-state index contributed by atoms with van der Waals surface area (Å²) in [6.07, 6.45) is 0. The molecule has 0 aliphatic carbocycles. The molecule has 7 heteroatoms. The number of esters is 1. The molecule has 0 saturated carbocycles. The lowest BCUT2D eigenvalue weighted by Crippen LogP contribution is -2.08. The van der Waals surface area contributed by atoms with Gasteiger partial charge in [0.15, 0.2) is 6.61 Å². The second-order valence-electron chi connectivity index (χ2n) is 2.65. The Labute approximate surface area is 95.2 Å². The molecule has 1 aromatic carbocycles. The zero-order valence-corrected chi connectivity index (χ0v) is 8.60. The van der Waals surface area contributed by atoms with Crippen LogP contribution in [0.25, 0.3) is 0 Å². The van der Waals surface area contributed by atoms with Crippen molar-refractivity contribution in [2.45, 2.75) is 0 Å². The Morgan fingerprint density at radius 2 is 2.31 bits per heavy atom. The van der Waals surface area contributed by atoms with Crippen molar-refractivity contribution in [2.75, 3.05) is 6.61 Å². The van der Waals surface area contributed by atoms with E-state index in [1.807, 2.05) is 0 Å². The Hall–Kier alpha value is -2.13. The highest BCUT2D eigenvalue weighted by atomic mass is 35.5. The van der Waals surface area contributed by atoms with Gasteiger partial charge < -0.3 is 4.74 Å².